The Labute approximate surface area is 143 Å². The zero-order valence-corrected chi connectivity index (χ0v) is 14.8. The van der Waals surface area contributed by atoms with Gasteiger partial charge in [0.05, 0.1) is 12.4 Å². The summed E-state index contributed by atoms with van der Waals surface area (Å²) in [5.74, 6) is -0.0362. The normalized spacial score (nSPS) is 29.0. The zero-order valence-electron chi connectivity index (χ0n) is 14.0. The van der Waals surface area contributed by atoms with Crippen LogP contribution in [0.1, 0.15) is 58.3 Å². The third-order valence-electron chi connectivity index (χ3n) is 4.02. The van der Waals surface area contributed by atoms with E-state index in [1.807, 2.05) is 6.92 Å². The maximum atomic E-state index is 12.1. The molecule has 0 aromatic rings. The third-order valence-corrected chi connectivity index (χ3v) is 5.33. The number of oxime groups is 2. The van der Waals surface area contributed by atoms with E-state index in [0.29, 0.717) is 38.0 Å². The highest BCUT2D eigenvalue weighted by Gasteiger charge is 2.32. The number of nitrogens with zero attached hydrogens (tertiary/aromatic N) is 2. The molecular weight excluding hydrogens is 336 g/mol. The number of hydrogen-bond acceptors (Lipinski definition) is 8. The van der Waals surface area contributed by atoms with Crippen LogP contribution in [0.5, 0.6) is 0 Å². The first-order valence-electron chi connectivity index (χ1n) is 8.53. The molecule has 2 unspecified atom stereocenters. The van der Waals surface area contributed by atoms with E-state index in [0.717, 1.165) is 25.7 Å². The van der Waals surface area contributed by atoms with Gasteiger partial charge in [-0.3, -0.25) is 4.18 Å². The zero-order chi connectivity index (χ0) is 17.4. The van der Waals surface area contributed by atoms with Crippen LogP contribution in [0.3, 0.4) is 0 Å². The lowest BCUT2D eigenvalue weighted by atomic mass is 9.94. The molecule has 8 nitrogen and oxygen atoms in total. The molecule has 0 aromatic carbocycles. The highest BCUT2D eigenvalue weighted by atomic mass is 32.2. The Morgan fingerprint density at radius 1 is 1.29 bits per heavy atom. The first-order valence-corrected chi connectivity index (χ1v) is 10.1. The van der Waals surface area contributed by atoms with Gasteiger partial charge in [-0.25, -0.2) is 0 Å². The molecule has 24 heavy (non-hydrogen) atoms. The third kappa shape index (κ3) is 5.71. The number of rotatable bonds is 7. The minimum absolute atomic E-state index is 0.0362. The molecule has 0 radical (unpaired) electrons. The highest BCUT2D eigenvalue weighted by Crippen LogP contribution is 2.21. The Morgan fingerprint density at radius 3 is 2.79 bits per heavy atom. The van der Waals surface area contributed by atoms with E-state index in [1.165, 1.54) is 0 Å². The Kier molecular flexibility index (Phi) is 7.44. The number of ether oxygens (including phenoxy) is 1. The van der Waals surface area contributed by atoms with Gasteiger partial charge in [-0.1, -0.05) is 23.7 Å². The van der Waals surface area contributed by atoms with Crippen molar-refractivity contribution < 1.29 is 27.4 Å². The Morgan fingerprint density at radius 2 is 2.12 bits per heavy atom. The van der Waals surface area contributed by atoms with Crippen molar-refractivity contribution in [1.82, 2.24) is 0 Å². The quantitative estimate of drug-likeness (QED) is 0.423. The van der Waals surface area contributed by atoms with Crippen LogP contribution < -0.4 is 0 Å². The van der Waals surface area contributed by atoms with Crippen molar-refractivity contribution in [3.05, 3.63) is 0 Å². The number of unbranched alkanes of at least 4 members (excludes halogenated alkanes) is 1. The van der Waals surface area contributed by atoms with Crippen molar-refractivity contribution in [2.24, 2.45) is 10.3 Å². The predicted octanol–water partition coefficient (Wildman–Crippen LogP) is 2.41. The summed E-state index contributed by atoms with van der Waals surface area (Å²) in [5, 5.41) is 16.4. The topological polar surface area (TPSA) is 107 Å². The largest absolute Gasteiger partial charge is 0.411 e. The van der Waals surface area contributed by atoms with Crippen molar-refractivity contribution in [2.75, 3.05) is 12.4 Å². The van der Waals surface area contributed by atoms with Crippen molar-refractivity contribution in [3.8, 4) is 0 Å². The molecule has 0 aromatic heterocycles. The van der Waals surface area contributed by atoms with E-state index in [2.05, 4.69) is 10.3 Å². The molecule has 0 amide bonds. The smallest absolute Gasteiger partial charge is 0.267 e. The second kappa shape index (κ2) is 9.33. The molecule has 1 aliphatic heterocycles. The molecule has 2 atom stereocenters. The predicted molar refractivity (Wildman–Crippen MR) is 88.8 cm³/mol. The van der Waals surface area contributed by atoms with Crippen molar-refractivity contribution in [1.29, 1.82) is 0 Å². The Bertz CT molecular complexity index is 554. The van der Waals surface area contributed by atoms with Gasteiger partial charge in [0.15, 0.2) is 0 Å². The van der Waals surface area contributed by atoms with Gasteiger partial charge < -0.3 is 14.8 Å². The second-order valence-corrected chi connectivity index (χ2v) is 7.73. The van der Waals surface area contributed by atoms with Crippen LogP contribution in [0.25, 0.3) is 0 Å². The summed E-state index contributed by atoms with van der Waals surface area (Å²) < 4.78 is 34.8. The van der Waals surface area contributed by atoms with Gasteiger partial charge >= 0.3 is 0 Å². The van der Waals surface area contributed by atoms with E-state index < -0.39 is 22.5 Å². The standard InChI is InChI=1S/C15H26N2O6S/c1-2-3-11-24(19,20)23-13-8-6-7-12(16-18)15(13)17-22-14-9-4-5-10-21-14/h13-14,18H,2-11H2,1H3/b16-12+,17-15+. The lowest BCUT2D eigenvalue weighted by Crippen LogP contribution is -2.38. The molecule has 0 spiro atoms. The average molecular weight is 362 g/mol. The SMILES string of the molecule is CCCCS(=O)(=O)OC1CCCC(=N\O)/C1=N\OC1CCCCO1. The van der Waals surface area contributed by atoms with Crippen LogP contribution in [0.15, 0.2) is 10.3 Å². The van der Waals surface area contributed by atoms with Gasteiger partial charge in [0.2, 0.25) is 6.29 Å². The lowest BCUT2D eigenvalue weighted by molar-refractivity contribution is -0.162. The fourth-order valence-electron chi connectivity index (χ4n) is 2.67. The van der Waals surface area contributed by atoms with E-state index in [4.69, 9.17) is 13.8 Å². The molecule has 1 heterocycles. The summed E-state index contributed by atoms with van der Waals surface area (Å²) in [6, 6.07) is 0. The minimum atomic E-state index is -3.66. The summed E-state index contributed by atoms with van der Waals surface area (Å²) in [5.41, 5.74) is 0.533. The Balaban J connectivity index is 2.08. The summed E-state index contributed by atoms with van der Waals surface area (Å²) in [7, 11) is -3.66. The average Bonchev–Trinajstić information content (AvgIpc) is 2.59. The molecule has 1 saturated heterocycles. The molecular formula is C15H26N2O6S. The van der Waals surface area contributed by atoms with Crippen LogP contribution in [-0.2, 0) is 23.9 Å². The lowest BCUT2D eigenvalue weighted by Gasteiger charge is -2.25. The summed E-state index contributed by atoms with van der Waals surface area (Å²) >= 11 is 0. The van der Waals surface area contributed by atoms with Crippen molar-refractivity contribution in [2.45, 2.75) is 70.7 Å². The van der Waals surface area contributed by atoms with Crippen LogP contribution in [0.4, 0.5) is 0 Å². The van der Waals surface area contributed by atoms with E-state index in [-0.39, 0.29) is 11.5 Å². The summed E-state index contributed by atoms with van der Waals surface area (Å²) in [4.78, 5) is 5.38. The maximum absolute atomic E-state index is 12.1. The first kappa shape index (κ1) is 19.1. The van der Waals surface area contributed by atoms with Crippen molar-refractivity contribution >= 4 is 21.5 Å². The molecule has 138 valence electrons. The number of hydrogen-bond donors (Lipinski definition) is 1. The fourth-order valence-corrected chi connectivity index (χ4v) is 3.95. The van der Waals surface area contributed by atoms with Crippen LogP contribution >= 0.6 is 0 Å². The van der Waals surface area contributed by atoms with Crippen LogP contribution in [0.2, 0.25) is 0 Å². The fraction of sp³-hybridized carbons (Fsp3) is 0.867. The van der Waals surface area contributed by atoms with Crippen LogP contribution in [0, 0.1) is 0 Å². The van der Waals surface area contributed by atoms with Crippen LogP contribution in [-0.4, -0.2) is 49.8 Å². The van der Waals surface area contributed by atoms with E-state index >= 15 is 0 Å². The molecule has 0 bridgehead atoms. The van der Waals surface area contributed by atoms with E-state index in [1.54, 1.807) is 0 Å². The van der Waals surface area contributed by atoms with Crippen molar-refractivity contribution in [3.63, 3.8) is 0 Å². The minimum Gasteiger partial charge on any atom is -0.411 e. The summed E-state index contributed by atoms with van der Waals surface area (Å²) in [6.45, 7) is 2.53. The molecule has 1 N–H and O–H groups in total. The van der Waals surface area contributed by atoms with Gasteiger partial charge in [0, 0.05) is 6.42 Å². The monoisotopic (exact) mass is 362 g/mol. The van der Waals surface area contributed by atoms with Gasteiger partial charge in [0.25, 0.3) is 10.1 Å². The molecule has 2 aliphatic rings. The van der Waals surface area contributed by atoms with Gasteiger partial charge in [-0.2, -0.15) is 8.42 Å². The molecule has 1 aliphatic carbocycles. The van der Waals surface area contributed by atoms with Gasteiger partial charge in [-0.15, -0.1) is 0 Å². The molecule has 1 saturated carbocycles. The molecule has 2 rings (SSSR count). The molecule has 2 fully saturated rings. The summed E-state index contributed by atoms with van der Waals surface area (Å²) in [6.07, 6.45) is 4.41. The van der Waals surface area contributed by atoms with Gasteiger partial charge in [0.1, 0.15) is 17.5 Å². The van der Waals surface area contributed by atoms with E-state index in [9.17, 15) is 13.6 Å². The maximum Gasteiger partial charge on any atom is 0.267 e. The van der Waals surface area contributed by atoms with Gasteiger partial charge in [-0.05, 0) is 38.5 Å². The Hall–Kier alpha value is -1.19. The first-order chi connectivity index (χ1) is 11.6. The molecule has 9 heteroatoms. The second-order valence-electron chi connectivity index (χ2n) is 6.02. The highest BCUT2D eigenvalue weighted by molar-refractivity contribution is 7.86.